The van der Waals surface area contributed by atoms with Gasteiger partial charge in [-0.05, 0) is 27.2 Å². The molecule has 0 unspecified atom stereocenters. The van der Waals surface area contributed by atoms with Gasteiger partial charge in [-0.2, -0.15) is 0 Å². The van der Waals surface area contributed by atoms with Gasteiger partial charge in [0.05, 0.1) is 6.61 Å². The zero-order valence-corrected chi connectivity index (χ0v) is 29.5. The predicted octanol–water partition coefficient (Wildman–Crippen LogP) is 8.21. The van der Waals surface area contributed by atoms with Crippen molar-refractivity contribution < 1.29 is 47.7 Å². The Hall–Kier alpha value is -3.95. The average Bonchev–Trinajstić information content (AvgIpc) is 3.04. The molecule has 268 valence electrons. The molecule has 0 aromatic carbocycles. The molecule has 0 saturated heterocycles. The van der Waals surface area contributed by atoms with E-state index in [-0.39, 0.29) is 19.2 Å². The minimum absolute atomic E-state index is 0.0325. The Morgan fingerprint density at radius 1 is 0.447 bits per heavy atom. The summed E-state index contributed by atoms with van der Waals surface area (Å²) >= 11 is 0. The molecule has 0 rings (SSSR count). The molecule has 0 aliphatic carbocycles. The first-order valence-electron chi connectivity index (χ1n) is 16.4. The summed E-state index contributed by atoms with van der Waals surface area (Å²) < 4.78 is 23.1. The standard InChI is InChI=1S/C20H38O2.C10H14O4.C7H8O4/c1-4-5-6-7-8-9-10-11-12-13-14-15-16-17-18-22-20(21)19(2)3;1-7(2)9(11)13-5-6-14-10(12)8(3)4;1-3-6(8)10-5-11-7(9)4-2/h2,4-18H2,1,3H3;1,3,5-6H2,2,4H3;3-4H,1-2,5H2. The Balaban J connectivity index is -0.000000665. The van der Waals surface area contributed by atoms with E-state index < -0.39 is 30.7 Å². The molecule has 10 heteroatoms. The minimum Gasteiger partial charge on any atom is -0.462 e. The maximum absolute atomic E-state index is 11.2. The largest absolute Gasteiger partial charge is 0.462 e. The van der Waals surface area contributed by atoms with Crippen molar-refractivity contribution in [1.29, 1.82) is 0 Å². The van der Waals surface area contributed by atoms with Gasteiger partial charge in [-0.1, -0.05) is 123 Å². The molecule has 0 spiro atoms. The number of esters is 5. The van der Waals surface area contributed by atoms with Crippen molar-refractivity contribution in [3.8, 4) is 0 Å². The van der Waals surface area contributed by atoms with Gasteiger partial charge in [0, 0.05) is 28.9 Å². The SMILES string of the molecule is C=C(C)C(=O)OCCCCCCCCCCCCCCCC.C=C(C)C(=O)OCCOC(=O)C(=C)C.C=CC(=O)OCOC(=O)C=C. The lowest BCUT2D eigenvalue weighted by molar-refractivity contribution is -0.160. The van der Waals surface area contributed by atoms with Crippen molar-refractivity contribution >= 4 is 29.8 Å². The van der Waals surface area contributed by atoms with Crippen LogP contribution in [0, 0.1) is 0 Å². The van der Waals surface area contributed by atoms with E-state index >= 15 is 0 Å². The van der Waals surface area contributed by atoms with Crippen molar-refractivity contribution in [2.24, 2.45) is 0 Å². The van der Waals surface area contributed by atoms with Crippen LogP contribution in [0.1, 0.15) is 118 Å². The molecule has 0 saturated carbocycles. The number of ether oxygens (including phenoxy) is 5. The van der Waals surface area contributed by atoms with Crippen molar-refractivity contribution in [3.05, 3.63) is 61.8 Å². The molecule has 0 fully saturated rings. The Kier molecular flexibility index (Phi) is 35.3. The second-order valence-corrected chi connectivity index (χ2v) is 10.8. The van der Waals surface area contributed by atoms with Crippen molar-refractivity contribution in [3.63, 3.8) is 0 Å². The second kappa shape index (κ2) is 34.9. The number of carbonyl (C=O) groups excluding carboxylic acids is 5. The van der Waals surface area contributed by atoms with Crippen LogP contribution in [0.3, 0.4) is 0 Å². The third kappa shape index (κ3) is 38.1. The van der Waals surface area contributed by atoms with Crippen LogP contribution in [0.2, 0.25) is 0 Å². The highest BCUT2D eigenvalue weighted by molar-refractivity contribution is 5.88. The van der Waals surface area contributed by atoms with Gasteiger partial charge < -0.3 is 23.7 Å². The number of hydrogen-bond donors (Lipinski definition) is 0. The van der Waals surface area contributed by atoms with Gasteiger partial charge in [-0.15, -0.1) is 0 Å². The molecule has 0 aromatic rings. The quantitative estimate of drug-likeness (QED) is 0.0309. The molecule has 0 bridgehead atoms. The summed E-state index contributed by atoms with van der Waals surface area (Å²) in [7, 11) is 0. The fraction of sp³-hybridized carbons (Fsp3) is 0.595. The summed E-state index contributed by atoms with van der Waals surface area (Å²) in [5, 5.41) is 0. The number of hydrogen-bond acceptors (Lipinski definition) is 10. The lowest BCUT2D eigenvalue weighted by Gasteiger charge is -2.05. The average molecular weight is 665 g/mol. The molecule has 0 aliphatic heterocycles. The van der Waals surface area contributed by atoms with Crippen LogP contribution >= 0.6 is 0 Å². The van der Waals surface area contributed by atoms with E-state index in [0.717, 1.165) is 18.6 Å². The highest BCUT2D eigenvalue weighted by Gasteiger charge is 2.05. The summed E-state index contributed by atoms with van der Waals surface area (Å²) in [4.78, 5) is 53.5. The molecule has 0 amide bonds. The summed E-state index contributed by atoms with van der Waals surface area (Å²) in [6.45, 7) is 23.9. The lowest BCUT2D eigenvalue weighted by atomic mass is 10.0. The zero-order valence-electron chi connectivity index (χ0n) is 29.5. The van der Waals surface area contributed by atoms with E-state index in [0.29, 0.717) is 23.3 Å². The van der Waals surface area contributed by atoms with Crippen LogP contribution in [0.5, 0.6) is 0 Å². The third-order valence-electron chi connectivity index (χ3n) is 6.06. The minimum atomic E-state index is -0.637. The highest BCUT2D eigenvalue weighted by atomic mass is 16.7. The fourth-order valence-corrected chi connectivity index (χ4v) is 3.36. The second-order valence-electron chi connectivity index (χ2n) is 10.8. The van der Waals surface area contributed by atoms with E-state index in [1.54, 1.807) is 20.8 Å². The Bertz CT molecular complexity index is 916. The van der Waals surface area contributed by atoms with Gasteiger partial charge in [0.15, 0.2) is 0 Å². The summed E-state index contributed by atoms with van der Waals surface area (Å²) in [5.74, 6) is -2.51. The zero-order chi connectivity index (χ0) is 36.3. The molecule has 0 heterocycles. The van der Waals surface area contributed by atoms with Gasteiger partial charge >= 0.3 is 29.8 Å². The smallest absolute Gasteiger partial charge is 0.333 e. The Morgan fingerprint density at radius 3 is 1.00 bits per heavy atom. The summed E-state index contributed by atoms with van der Waals surface area (Å²) in [6.07, 6.45) is 20.7. The van der Waals surface area contributed by atoms with Gasteiger partial charge in [-0.3, -0.25) is 0 Å². The first kappa shape index (κ1) is 47.5. The molecular weight excluding hydrogens is 604 g/mol. The van der Waals surface area contributed by atoms with E-state index in [2.05, 4.69) is 58.8 Å². The maximum Gasteiger partial charge on any atom is 0.333 e. The van der Waals surface area contributed by atoms with Crippen LogP contribution in [-0.2, 0) is 47.7 Å². The van der Waals surface area contributed by atoms with Crippen LogP contribution < -0.4 is 0 Å². The van der Waals surface area contributed by atoms with E-state index in [1.165, 1.54) is 83.5 Å². The number of rotatable bonds is 25. The van der Waals surface area contributed by atoms with Gasteiger partial charge in [0.1, 0.15) is 13.2 Å². The molecule has 0 N–H and O–H groups in total. The number of carbonyl (C=O) groups is 5. The van der Waals surface area contributed by atoms with E-state index in [4.69, 9.17) is 4.74 Å². The van der Waals surface area contributed by atoms with Crippen molar-refractivity contribution in [2.75, 3.05) is 26.6 Å². The maximum atomic E-state index is 11.2. The first-order chi connectivity index (χ1) is 22.3. The molecule has 0 aliphatic rings. The van der Waals surface area contributed by atoms with Gasteiger partial charge in [0.25, 0.3) is 0 Å². The normalized spacial score (nSPS) is 9.53. The lowest BCUT2D eigenvalue weighted by Crippen LogP contribution is -2.14. The summed E-state index contributed by atoms with van der Waals surface area (Å²) in [6, 6.07) is 0. The highest BCUT2D eigenvalue weighted by Crippen LogP contribution is 2.13. The van der Waals surface area contributed by atoms with Gasteiger partial charge in [-0.25, -0.2) is 24.0 Å². The van der Waals surface area contributed by atoms with E-state index in [9.17, 15) is 24.0 Å². The van der Waals surface area contributed by atoms with Crippen molar-refractivity contribution in [2.45, 2.75) is 118 Å². The molecule has 0 aromatic heterocycles. The number of unbranched alkanes of at least 4 members (excludes halogenated alkanes) is 13. The predicted molar refractivity (Wildman–Crippen MR) is 185 cm³/mol. The topological polar surface area (TPSA) is 132 Å². The molecule has 47 heavy (non-hydrogen) atoms. The van der Waals surface area contributed by atoms with Crippen LogP contribution in [0.4, 0.5) is 0 Å². The summed E-state index contributed by atoms with van der Waals surface area (Å²) in [5.41, 5.74) is 1.12. The third-order valence-corrected chi connectivity index (χ3v) is 6.06. The van der Waals surface area contributed by atoms with Crippen LogP contribution in [0.25, 0.3) is 0 Å². The monoisotopic (exact) mass is 664 g/mol. The molecular formula is C37H60O10. The molecule has 10 nitrogen and oxygen atoms in total. The van der Waals surface area contributed by atoms with Crippen LogP contribution in [0.15, 0.2) is 61.8 Å². The Morgan fingerprint density at radius 2 is 0.723 bits per heavy atom. The first-order valence-corrected chi connectivity index (χ1v) is 16.4. The van der Waals surface area contributed by atoms with E-state index in [1.807, 2.05) is 0 Å². The van der Waals surface area contributed by atoms with Crippen LogP contribution in [-0.4, -0.2) is 56.5 Å². The molecule has 0 radical (unpaired) electrons. The van der Waals surface area contributed by atoms with Crippen molar-refractivity contribution in [1.82, 2.24) is 0 Å². The Labute approximate surface area is 283 Å². The molecule has 0 atom stereocenters. The van der Waals surface area contributed by atoms with Gasteiger partial charge in [0.2, 0.25) is 6.79 Å². The fourth-order valence-electron chi connectivity index (χ4n) is 3.36.